The largest absolute Gasteiger partial charge is 0.444 e. The van der Waals surface area contributed by atoms with Gasteiger partial charge < -0.3 is 14.3 Å². The van der Waals surface area contributed by atoms with E-state index in [0.29, 0.717) is 13.1 Å². The molecule has 1 aliphatic rings. The molecule has 1 aromatic heterocycles. The summed E-state index contributed by atoms with van der Waals surface area (Å²) in [6.45, 7) is 10.6. The predicted octanol–water partition coefficient (Wildman–Crippen LogP) is 1.55. The van der Waals surface area contributed by atoms with Crippen molar-refractivity contribution < 1.29 is 14.3 Å². The predicted molar refractivity (Wildman–Crippen MR) is 71.9 cm³/mol. The van der Waals surface area contributed by atoms with Gasteiger partial charge in [-0.2, -0.15) is 0 Å². The van der Waals surface area contributed by atoms with Gasteiger partial charge in [0.15, 0.2) is 0 Å². The molecule has 5 heteroatoms. The van der Waals surface area contributed by atoms with Crippen LogP contribution in [0.25, 0.3) is 0 Å². The number of morpholine rings is 1. The van der Waals surface area contributed by atoms with Crippen molar-refractivity contribution in [3.05, 3.63) is 17.8 Å². The molecule has 0 spiro atoms. The molecule has 0 amide bonds. The zero-order valence-corrected chi connectivity index (χ0v) is 12.2. The number of oxazole rings is 1. The molecule has 1 fully saturated rings. The van der Waals surface area contributed by atoms with Crippen molar-refractivity contribution in [2.75, 3.05) is 19.7 Å². The summed E-state index contributed by atoms with van der Waals surface area (Å²) in [5.41, 5.74) is -0.0167. The van der Waals surface area contributed by atoms with Gasteiger partial charge in [-0.05, 0) is 6.92 Å². The monoisotopic (exact) mass is 268 g/mol. The van der Waals surface area contributed by atoms with Gasteiger partial charge in [0.25, 0.3) is 0 Å². The fraction of sp³-hybridized carbons (Fsp3) is 0.786. The van der Waals surface area contributed by atoms with E-state index in [4.69, 9.17) is 9.15 Å². The molecule has 1 aliphatic heterocycles. The molecule has 19 heavy (non-hydrogen) atoms. The summed E-state index contributed by atoms with van der Waals surface area (Å²) >= 11 is 0. The molecule has 2 unspecified atom stereocenters. The van der Waals surface area contributed by atoms with E-state index in [1.807, 2.05) is 13.1 Å². The number of hydrogen-bond donors (Lipinski definition) is 1. The normalized spacial score (nSPS) is 25.7. The first-order valence-corrected chi connectivity index (χ1v) is 6.82. The van der Waals surface area contributed by atoms with Crippen LogP contribution in [0.15, 0.2) is 10.6 Å². The maximum absolute atomic E-state index is 9.21. The number of hydrogen-bond acceptors (Lipinski definition) is 5. The van der Waals surface area contributed by atoms with Crippen molar-refractivity contribution in [3.63, 3.8) is 0 Å². The van der Waals surface area contributed by atoms with Crippen LogP contribution in [-0.4, -0.2) is 46.9 Å². The van der Waals surface area contributed by atoms with Crippen molar-refractivity contribution in [2.45, 2.75) is 51.9 Å². The second kappa shape index (κ2) is 5.61. The second-order valence-electron chi connectivity index (χ2n) is 6.31. The molecule has 108 valence electrons. The molecule has 0 bridgehead atoms. The summed E-state index contributed by atoms with van der Waals surface area (Å²) in [5, 5.41) is 9.21. The van der Waals surface area contributed by atoms with Crippen LogP contribution in [0.2, 0.25) is 0 Å². The molecule has 1 saturated heterocycles. The van der Waals surface area contributed by atoms with Crippen molar-refractivity contribution in [1.82, 2.24) is 9.88 Å². The third-order valence-electron chi connectivity index (χ3n) is 3.26. The van der Waals surface area contributed by atoms with Gasteiger partial charge in [0, 0.05) is 18.5 Å². The zero-order valence-electron chi connectivity index (χ0n) is 12.2. The Morgan fingerprint density at radius 3 is 2.74 bits per heavy atom. The van der Waals surface area contributed by atoms with Crippen LogP contribution in [-0.2, 0) is 16.7 Å². The van der Waals surface area contributed by atoms with E-state index in [1.54, 1.807) is 0 Å². The molecule has 0 aliphatic carbocycles. The first-order chi connectivity index (χ1) is 8.88. The quantitative estimate of drug-likeness (QED) is 0.901. The van der Waals surface area contributed by atoms with Crippen LogP contribution in [0.4, 0.5) is 0 Å². The van der Waals surface area contributed by atoms with Crippen LogP contribution in [0.5, 0.6) is 0 Å². The third kappa shape index (κ3) is 3.78. The van der Waals surface area contributed by atoms with Gasteiger partial charge in [-0.3, -0.25) is 4.90 Å². The number of rotatable bonds is 3. The van der Waals surface area contributed by atoms with E-state index in [0.717, 1.165) is 18.2 Å². The van der Waals surface area contributed by atoms with Crippen molar-refractivity contribution in [1.29, 1.82) is 0 Å². The highest BCUT2D eigenvalue weighted by Crippen LogP contribution is 2.23. The lowest BCUT2D eigenvalue weighted by Crippen LogP contribution is -2.47. The number of aliphatic hydroxyl groups excluding tert-OH is 1. The van der Waals surface area contributed by atoms with E-state index < -0.39 is 0 Å². The van der Waals surface area contributed by atoms with Crippen LogP contribution in [0, 0.1) is 0 Å². The topological polar surface area (TPSA) is 58.7 Å². The number of nitrogens with zero attached hydrogens (tertiary/aromatic N) is 2. The summed E-state index contributed by atoms with van der Waals surface area (Å²) in [6.07, 6.45) is 1.83. The van der Waals surface area contributed by atoms with Gasteiger partial charge >= 0.3 is 0 Å². The SMILES string of the molecule is CC1CN(Cc2ncc(C(C)(C)C)o2)CC(CO)O1. The van der Waals surface area contributed by atoms with E-state index in [9.17, 15) is 5.11 Å². The Labute approximate surface area is 114 Å². The molecule has 2 rings (SSSR count). The molecule has 1 N–H and O–H groups in total. The minimum atomic E-state index is -0.110. The molecule has 0 aromatic carbocycles. The van der Waals surface area contributed by atoms with Crippen LogP contribution in [0.3, 0.4) is 0 Å². The molecule has 5 nitrogen and oxygen atoms in total. The molecule has 2 atom stereocenters. The smallest absolute Gasteiger partial charge is 0.208 e. The van der Waals surface area contributed by atoms with Crippen molar-refractivity contribution >= 4 is 0 Å². The average molecular weight is 268 g/mol. The minimum absolute atomic E-state index is 0.0167. The summed E-state index contributed by atoms with van der Waals surface area (Å²) in [5.74, 6) is 1.64. The van der Waals surface area contributed by atoms with E-state index >= 15 is 0 Å². The number of ether oxygens (including phenoxy) is 1. The Hall–Kier alpha value is -0.910. The Morgan fingerprint density at radius 1 is 1.42 bits per heavy atom. The third-order valence-corrected chi connectivity index (χ3v) is 3.26. The fourth-order valence-electron chi connectivity index (χ4n) is 2.29. The van der Waals surface area contributed by atoms with Crippen molar-refractivity contribution in [2.24, 2.45) is 0 Å². The lowest BCUT2D eigenvalue weighted by molar-refractivity contribution is -0.0986. The second-order valence-corrected chi connectivity index (χ2v) is 6.31. The molecule has 1 aromatic rings. The molecule has 2 heterocycles. The summed E-state index contributed by atoms with van der Waals surface area (Å²) in [6, 6.07) is 0. The first kappa shape index (κ1) is 14.5. The van der Waals surface area contributed by atoms with Gasteiger partial charge in [0.1, 0.15) is 5.76 Å². The summed E-state index contributed by atoms with van der Waals surface area (Å²) in [7, 11) is 0. The van der Waals surface area contributed by atoms with Crippen LogP contribution >= 0.6 is 0 Å². The van der Waals surface area contributed by atoms with E-state index in [2.05, 4.69) is 30.7 Å². The molecular formula is C14H24N2O3. The van der Waals surface area contributed by atoms with Crippen LogP contribution in [0.1, 0.15) is 39.3 Å². The Bertz CT molecular complexity index is 411. The number of aromatic nitrogens is 1. The highest BCUT2D eigenvalue weighted by Gasteiger charge is 2.26. The number of aliphatic hydroxyl groups is 1. The highest BCUT2D eigenvalue weighted by molar-refractivity contribution is 5.06. The standard InChI is InChI=1S/C14H24N2O3/c1-10-6-16(7-11(9-17)18-10)8-13-15-5-12(19-13)14(2,3)4/h5,10-11,17H,6-9H2,1-4H3. The van der Waals surface area contributed by atoms with Gasteiger partial charge in [0.05, 0.1) is 31.6 Å². The Kier molecular flexibility index (Phi) is 4.28. The summed E-state index contributed by atoms with van der Waals surface area (Å²) in [4.78, 5) is 6.56. The van der Waals surface area contributed by atoms with Crippen molar-refractivity contribution in [3.8, 4) is 0 Å². The lowest BCUT2D eigenvalue weighted by Gasteiger charge is -2.35. The molecule has 0 radical (unpaired) electrons. The molecule has 0 saturated carbocycles. The van der Waals surface area contributed by atoms with E-state index in [1.165, 1.54) is 0 Å². The van der Waals surface area contributed by atoms with Crippen LogP contribution < -0.4 is 0 Å². The maximum atomic E-state index is 9.21. The van der Waals surface area contributed by atoms with Gasteiger partial charge in [0.2, 0.25) is 5.89 Å². The summed E-state index contributed by atoms with van der Waals surface area (Å²) < 4.78 is 11.4. The maximum Gasteiger partial charge on any atom is 0.208 e. The minimum Gasteiger partial charge on any atom is -0.444 e. The van der Waals surface area contributed by atoms with Gasteiger partial charge in [-0.1, -0.05) is 20.8 Å². The Balaban J connectivity index is 1.99. The molecular weight excluding hydrogens is 244 g/mol. The zero-order chi connectivity index (χ0) is 14.0. The first-order valence-electron chi connectivity index (χ1n) is 6.82. The van der Waals surface area contributed by atoms with Gasteiger partial charge in [-0.15, -0.1) is 0 Å². The average Bonchev–Trinajstić information content (AvgIpc) is 2.76. The Morgan fingerprint density at radius 2 is 2.16 bits per heavy atom. The van der Waals surface area contributed by atoms with Gasteiger partial charge in [-0.25, -0.2) is 4.98 Å². The fourth-order valence-corrected chi connectivity index (χ4v) is 2.29. The lowest BCUT2D eigenvalue weighted by atomic mass is 9.94. The highest BCUT2D eigenvalue weighted by atomic mass is 16.5. The van der Waals surface area contributed by atoms with E-state index in [-0.39, 0.29) is 24.2 Å².